The Kier molecular flexibility index (Phi) is 3.53. The minimum absolute atomic E-state index is 0. The van der Waals surface area contributed by atoms with E-state index in [1.165, 1.54) is 0 Å². The van der Waals surface area contributed by atoms with Crippen molar-refractivity contribution in [3.8, 4) is 11.5 Å². The Hall–Kier alpha value is -0.970. The lowest BCUT2D eigenvalue weighted by atomic mass is 10.1. The molecule has 2 heterocycles. The van der Waals surface area contributed by atoms with E-state index >= 15 is 0 Å². The number of morpholine rings is 1. The lowest BCUT2D eigenvalue weighted by Crippen LogP contribution is -2.34. The van der Waals surface area contributed by atoms with E-state index in [0.29, 0.717) is 13.4 Å². The molecule has 1 aromatic rings. The highest BCUT2D eigenvalue weighted by Crippen LogP contribution is 2.38. The fraction of sp³-hybridized carbons (Fsp3) is 0.455. The molecule has 0 spiro atoms. The van der Waals surface area contributed by atoms with Gasteiger partial charge >= 0.3 is 0 Å². The number of ether oxygens (including phenoxy) is 3. The molecule has 4 nitrogen and oxygen atoms in total. The molecule has 16 heavy (non-hydrogen) atoms. The second-order valence-corrected chi connectivity index (χ2v) is 3.66. The standard InChI is InChI=1S/C11H13NO3.ClH/c1-2-8(9-6-13-5-4-12-9)11-10(3-1)14-7-15-11;/h1-3,9,12H,4-7H2;1H/t9-;/m1./s1. The minimum Gasteiger partial charge on any atom is -0.454 e. The summed E-state index contributed by atoms with van der Waals surface area (Å²) in [5.41, 5.74) is 1.13. The lowest BCUT2D eigenvalue weighted by molar-refractivity contribution is 0.0757. The molecule has 1 fully saturated rings. The SMILES string of the molecule is Cl.c1cc2c(c([C@H]3COCCN3)c1)OCO2. The molecule has 0 aliphatic carbocycles. The number of rotatable bonds is 1. The van der Waals surface area contributed by atoms with Crippen molar-refractivity contribution in [3.63, 3.8) is 0 Å². The molecule has 0 saturated carbocycles. The van der Waals surface area contributed by atoms with Crippen LogP contribution in [0.3, 0.4) is 0 Å². The molecule has 0 aromatic heterocycles. The van der Waals surface area contributed by atoms with Gasteiger partial charge in [0.2, 0.25) is 6.79 Å². The van der Waals surface area contributed by atoms with Gasteiger partial charge in [-0.1, -0.05) is 12.1 Å². The lowest BCUT2D eigenvalue weighted by Gasteiger charge is -2.24. The van der Waals surface area contributed by atoms with E-state index in [9.17, 15) is 0 Å². The summed E-state index contributed by atoms with van der Waals surface area (Å²) in [4.78, 5) is 0. The number of halogens is 1. The highest BCUT2D eigenvalue weighted by molar-refractivity contribution is 5.85. The highest BCUT2D eigenvalue weighted by Gasteiger charge is 2.24. The molecule has 0 radical (unpaired) electrons. The van der Waals surface area contributed by atoms with Crippen molar-refractivity contribution >= 4 is 12.4 Å². The normalized spacial score (nSPS) is 22.6. The Morgan fingerprint density at radius 2 is 2.19 bits per heavy atom. The number of nitrogens with one attached hydrogen (secondary N) is 1. The van der Waals surface area contributed by atoms with Crippen LogP contribution in [-0.4, -0.2) is 26.6 Å². The van der Waals surface area contributed by atoms with Crippen molar-refractivity contribution in [2.75, 3.05) is 26.6 Å². The average molecular weight is 244 g/mol. The van der Waals surface area contributed by atoms with E-state index in [2.05, 4.69) is 11.4 Å². The van der Waals surface area contributed by atoms with Gasteiger partial charge in [-0.3, -0.25) is 0 Å². The summed E-state index contributed by atoms with van der Waals surface area (Å²) in [6.45, 7) is 2.68. The van der Waals surface area contributed by atoms with Gasteiger partial charge in [0.15, 0.2) is 11.5 Å². The summed E-state index contributed by atoms with van der Waals surface area (Å²) in [5.74, 6) is 1.69. The predicted molar refractivity (Wildman–Crippen MR) is 61.4 cm³/mol. The van der Waals surface area contributed by atoms with Gasteiger partial charge < -0.3 is 19.5 Å². The van der Waals surface area contributed by atoms with Crippen LogP contribution in [0, 0.1) is 0 Å². The number of hydrogen-bond acceptors (Lipinski definition) is 4. The van der Waals surface area contributed by atoms with Crippen LogP contribution in [0.2, 0.25) is 0 Å². The van der Waals surface area contributed by atoms with Gasteiger partial charge in [-0.05, 0) is 6.07 Å². The molecule has 1 aromatic carbocycles. The molecule has 0 unspecified atom stereocenters. The van der Waals surface area contributed by atoms with Gasteiger partial charge in [-0.2, -0.15) is 0 Å². The van der Waals surface area contributed by atoms with E-state index < -0.39 is 0 Å². The summed E-state index contributed by atoms with van der Waals surface area (Å²) in [5, 5.41) is 3.40. The van der Waals surface area contributed by atoms with Crippen LogP contribution in [0.4, 0.5) is 0 Å². The molecule has 1 saturated heterocycles. The van der Waals surface area contributed by atoms with Crippen LogP contribution in [-0.2, 0) is 4.74 Å². The first-order chi connectivity index (χ1) is 7.45. The van der Waals surface area contributed by atoms with E-state index in [-0.39, 0.29) is 18.4 Å². The maximum atomic E-state index is 5.47. The summed E-state index contributed by atoms with van der Waals surface area (Å²) in [6, 6.07) is 6.18. The molecule has 2 aliphatic heterocycles. The van der Waals surface area contributed by atoms with E-state index in [1.807, 2.05) is 12.1 Å². The number of benzene rings is 1. The number of fused-ring (bicyclic) bond motifs is 1. The van der Waals surface area contributed by atoms with Crippen molar-refractivity contribution in [1.82, 2.24) is 5.32 Å². The quantitative estimate of drug-likeness (QED) is 0.812. The third kappa shape index (κ3) is 1.96. The molecule has 1 N–H and O–H groups in total. The summed E-state index contributed by atoms with van der Waals surface area (Å²) in [6.07, 6.45) is 0. The van der Waals surface area contributed by atoms with Crippen molar-refractivity contribution in [3.05, 3.63) is 23.8 Å². The fourth-order valence-electron chi connectivity index (χ4n) is 1.99. The van der Waals surface area contributed by atoms with E-state index in [4.69, 9.17) is 14.2 Å². The van der Waals surface area contributed by atoms with Gasteiger partial charge in [0, 0.05) is 12.1 Å². The second-order valence-electron chi connectivity index (χ2n) is 3.66. The molecule has 1 atom stereocenters. The van der Waals surface area contributed by atoms with Crippen LogP contribution in [0.25, 0.3) is 0 Å². The Labute approximate surface area is 100 Å². The summed E-state index contributed by atoms with van der Waals surface area (Å²) in [7, 11) is 0. The first kappa shape index (κ1) is 11.5. The zero-order chi connectivity index (χ0) is 10.1. The molecule has 5 heteroatoms. The molecule has 2 aliphatic rings. The molecule has 0 bridgehead atoms. The van der Waals surface area contributed by atoms with Gasteiger partial charge in [0.05, 0.1) is 19.3 Å². The van der Waals surface area contributed by atoms with Gasteiger partial charge in [0.1, 0.15) is 0 Å². The maximum absolute atomic E-state index is 5.47. The minimum atomic E-state index is 0. The van der Waals surface area contributed by atoms with E-state index in [1.54, 1.807) is 0 Å². The molecular formula is C11H14ClNO3. The highest BCUT2D eigenvalue weighted by atomic mass is 35.5. The molecular weight excluding hydrogens is 230 g/mol. The Morgan fingerprint density at radius 1 is 1.25 bits per heavy atom. The summed E-state index contributed by atoms with van der Waals surface area (Å²) >= 11 is 0. The van der Waals surface area contributed by atoms with Crippen molar-refractivity contribution in [2.24, 2.45) is 0 Å². The van der Waals surface area contributed by atoms with Crippen LogP contribution in [0.15, 0.2) is 18.2 Å². The Balaban J connectivity index is 0.000000963. The number of hydrogen-bond donors (Lipinski definition) is 1. The third-order valence-corrected chi connectivity index (χ3v) is 2.72. The van der Waals surface area contributed by atoms with E-state index in [0.717, 1.165) is 30.2 Å². The van der Waals surface area contributed by atoms with Crippen LogP contribution >= 0.6 is 12.4 Å². The van der Waals surface area contributed by atoms with Crippen molar-refractivity contribution in [2.45, 2.75) is 6.04 Å². The van der Waals surface area contributed by atoms with Gasteiger partial charge in [0.25, 0.3) is 0 Å². The fourth-order valence-corrected chi connectivity index (χ4v) is 1.99. The second kappa shape index (κ2) is 4.91. The molecule has 88 valence electrons. The molecule has 0 amide bonds. The van der Waals surface area contributed by atoms with Crippen LogP contribution in [0.5, 0.6) is 11.5 Å². The van der Waals surface area contributed by atoms with Crippen molar-refractivity contribution < 1.29 is 14.2 Å². The number of para-hydroxylation sites is 1. The first-order valence-corrected chi connectivity index (χ1v) is 5.15. The zero-order valence-corrected chi connectivity index (χ0v) is 9.59. The predicted octanol–water partition coefficient (Wildman–Crippen LogP) is 1.50. The Morgan fingerprint density at radius 3 is 3.00 bits per heavy atom. The zero-order valence-electron chi connectivity index (χ0n) is 8.77. The third-order valence-electron chi connectivity index (χ3n) is 2.72. The monoisotopic (exact) mass is 243 g/mol. The largest absolute Gasteiger partial charge is 0.454 e. The summed E-state index contributed by atoms with van der Waals surface area (Å²) < 4.78 is 16.2. The van der Waals surface area contributed by atoms with Crippen molar-refractivity contribution in [1.29, 1.82) is 0 Å². The van der Waals surface area contributed by atoms with Gasteiger partial charge in [-0.25, -0.2) is 0 Å². The average Bonchev–Trinajstić information content (AvgIpc) is 2.78. The van der Waals surface area contributed by atoms with Crippen LogP contribution in [0.1, 0.15) is 11.6 Å². The maximum Gasteiger partial charge on any atom is 0.231 e. The van der Waals surface area contributed by atoms with Gasteiger partial charge in [-0.15, -0.1) is 12.4 Å². The Bertz CT molecular complexity index is 366. The van der Waals surface area contributed by atoms with Crippen LogP contribution < -0.4 is 14.8 Å². The molecule has 3 rings (SSSR count). The smallest absolute Gasteiger partial charge is 0.231 e. The first-order valence-electron chi connectivity index (χ1n) is 5.15. The topological polar surface area (TPSA) is 39.7 Å².